The number of aliphatic carboxylic acids is 1. The summed E-state index contributed by atoms with van der Waals surface area (Å²) in [6.07, 6.45) is 0.462. The van der Waals surface area contributed by atoms with Crippen LogP contribution in [0, 0.1) is 0 Å². The molecule has 0 radical (unpaired) electrons. The van der Waals surface area contributed by atoms with E-state index in [-0.39, 0.29) is 18.6 Å². The van der Waals surface area contributed by atoms with E-state index in [2.05, 4.69) is 5.32 Å². The zero-order valence-corrected chi connectivity index (χ0v) is 9.56. The number of carbonyl (C=O) groups is 2. The third kappa shape index (κ3) is 4.14. The highest BCUT2D eigenvalue weighted by atomic mass is 16.4. The molecule has 5 heteroatoms. The number of hydrogen-bond acceptors (Lipinski definition) is 3. The maximum absolute atomic E-state index is 11.4. The monoisotopic (exact) mass is 237 g/mol. The Morgan fingerprint density at radius 1 is 1.29 bits per heavy atom. The number of carboxylic acid groups (broad SMARTS) is 1. The van der Waals surface area contributed by atoms with Gasteiger partial charge in [-0.05, 0) is 24.1 Å². The average Bonchev–Trinajstić information content (AvgIpc) is 2.29. The summed E-state index contributed by atoms with van der Waals surface area (Å²) in [6, 6.07) is 4.95. The maximum atomic E-state index is 11.4. The molecular formula is C12H15NO4. The lowest BCUT2D eigenvalue weighted by atomic mass is 10.1. The van der Waals surface area contributed by atoms with Gasteiger partial charge in [-0.1, -0.05) is 13.0 Å². The number of carbonyl (C=O) groups excluding carboxylic acids is 1. The fourth-order valence-electron chi connectivity index (χ4n) is 1.34. The first-order valence-electron chi connectivity index (χ1n) is 5.36. The van der Waals surface area contributed by atoms with Crippen LogP contribution in [-0.4, -0.2) is 22.1 Å². The van der Waals surface area contributed by atoms with Gasteiger partial charge in [-0.2, -0.15) is 0 Å². The lowest BCUT2D eigenvalue weighted by Crippen LogP contribution is -2.13. The van der Waals surface area contributed by atoms with Gasteiger partial charge in [0.2, 0.25) is 5.91 Å². The molecular weight excluding hydrogens is 222 g/mol. The van der Waals surface area contributed by atoms with Gasteiger partial charge in [-0.15, -0.1) is 0 Å². The molecule has 92 valence electrons. The van der Waals surface area contributed by atoms with E-state index in [9.17, 15) is 14.7 Å². The van der Waals surface area contributed by atoms with Crippen molar-refractivity contribution in [1.82, 2.24) is 0 Å². The summed E-state index contributed by atoms with van der Waals surface area (Å²) >= 11 is 0. The molecule has 1 aromatic carbocycles. The number of aromatic hydroxyl groups is 1. The van der Waals surface area contributed by atoms with Gasteiger partial charge in [0.05, 0.1) is 12.1 Å². The quantitative estimate of drug-likeness (QED) is 0.681. The first kappa shape index (κ1) is 13.0. The summed E-state index contributed by atoms with van der Waals surface area (Å²) in [7, 11) is 0. The third-order valence-corrected chi connectivity index (χ3v) is 2.31. The van der Waals surface area contributed by atoms with Gasteiger partial charge >= 0.3 is 5.97 Å². The van der Waals surface area contributed by atoms with E-state index >= 15 is 0 Å². The van der Waals surface area contributed by atoms with Crippen molar-refractivity contribution < 1.29 is 19.8 Å². The van der Waals surface area contributed by atoms with Gasteiger partial charge in [0, 0.05) is 6.42 Å². The molecule has 17 heavy (non-hydrogen) atoms. The van der Waals surface area contributed by atoms with Crippen LogP contribution in [0.3, 0.4) is 0 Å². The zero-order chi connectivity index (χ0) is 12.8. The van der Waals surface area contributed by atoms with E-state index in [1.807, 2.05) is 6.92 Å². The van der Waals surface area contributed by atoms with Crippen molar-refractivity contribution in [3.8, 4) is 5.75 Å². The molecule has 0 saturated heterocycles. The van der Waals surface area contributed by atoms with Crippen LogP contribution in [0.2, 0.25) is 0 Å². The number of benzene rings is 1. The molecule has 1 amide bonds. The normalized spacial score (nSPS) is 9.94. The minimum Gasteiger partial charge on any atom is -0.506 e. The summed E-state index contributed by atoms with van der Waals surface area (Å²) in [5, 5.41) is 20.4. The average molecular weight is 237 g/mol. The molecule has 1 aromatic rings. The maximum Gasteiger partial charge on any atom is 0.303 e. The third-order valence-electron chi connectivity index (χ3n) is 2.31. The second kappa shape index (κ2) is 5.89. The topological polar surface area (TPSA) is 86.6 Å². The van der Waals surface area contributed by atoms with Crippen LogP contribution >= 0.6 is 0 Å². The van der Waals surface area contributed by atoms with Crippen molar-refractivity contribution in [3.63, 3.8) is 0 Å². The van der Waals surface area contributed by atoms with Gasteiger partial charge in [-0.25, -0.2) is 0 Å². The van der Waals surface area contributed by atoms with E-state index in [0.29, 0.717) is 5.69 Å². The lowest BCUT2D eigenvalue weighted by Gasteiger charge is -2.08. The molecule has 3 N–H and O–H groups in total. The summed E-state index contributed by atoms with van der Waals surface area (Å²) in [6.45, 7) is 1.96. The van der Waals surface area contributed by atoms with Gasteiger partial charge < -0.3 is 15.5 Å². The number of anilines is 1. The van der Waals surface area contributed by atoms with Crippen LogP contribution in [0.5, 0.6) is 5.75 Å². The first-order chi connectivity index (χ1) is 8.02. The van der Waals surface area contributed by atoms with Gasteiger partial charge in [0.1, 0.15) is 5.75 Å². The molecule has 0 heterocycles. The van der Waals surface area contributed by atoms with E-state index in [0.717, 1.165) is 12.0 Å². The number of phenols is 1. The highest BCUT2D eigenvalue weighted by molar-refractivity contribution is 5.93. The highest BCUT2D eigenvalue weighted by Gasteiger charge is 2.08. The molecule has 0 spiro atoms. The first-order valence-corrected chi connectivity index (χ1v) is 5.36. The van der Waals surface area contributed by atoms with Gasteiger partial charge in [-0.3, -0.25) is 9.59 Å². The minimum atomic E-state index is -1.02. The van der Waals surface area contributed by atoms with Crippen molar-refractivity contribution in [2.45, 2.75) is 26.2 Å². The largest absolute Gasteiger partial charge is 0.506 e. The Bertz CT molecular complexity index is 429. The summed E-state index contributed by atoms with van der Waals surface area (Å²) in [4.78, 5) is 21.7. The predicted octanol–water partition coefficient (Wildman–Crippen LogP) is 1.76. The van der Waals surface area contributed by atoms with Crippen molar-refractivity contribution in [3.05, 3.63) is 23.8 Å². The van der Waals surface area contributed by atoms with Gasteiger partial charge in [0.15, 0.2) is 0 Å². The number of carboxylic acids is 1. The summed E-state index contributed by atoms with van der Waals surface area (Å²) in [5.41, 5.74) is 1.30. The second-order valence-corrected chi connectivity index (χ2v) is 3.65. The smallest absolute Gasteiger partial charge is 0.303 e. The number of amides is 1. The van der Waals surface area contributed by atoms with Crippen LogP contribution in [0.4, 0.5) is 5.69 Å². The Balaban J connectivity index is 2.67. The molecule has 0 aliphatic carbocycles. The molecule has 5 nitrogen and oxygen atoms in total. The van der Waals surface area contributed by atoms with Crippen molar-refractivity contribution in [2.24, 2.45) is 0 Å². The fourth-order valence-corrected chi connectivity index (χ4v) is 1.34. The van der Waals surface area contributed by atoms with Crippen LogP contribution in [-0.2, 0) is 16.0 Å². The number of hydrogen-bond donors (Lipinski definition) is 3. The Morgan fingerprint density at radius 3 is 2.59 bits per heavy atom. The number of phenolic OH excluding ortho intramolecular Hbond substituents is 1. The SMILES string of the molecule is CCc1ccc(O)c(NC(=O)CCC(=O)O)c1. The summed E-state index contributed by atoms with van der Waals surface area (Å²) in [5.74, 6) is -1.46. The summed E-state index contributed by atoms with van der Waals surface area (Å²) < 4.78 is 0. The molecule has 0 aromatic heterocycles. The van der Waals surface area contributed by atoms with E-state index in [1.165, 1.54) is 6.07 Å². The molecule has 0 aliphatic heterocycles. The van der Waals surface area contributed by atoms with Crippen molar-refractivity contribution >= 4 is 17.6 Å². The standard InChI is InChI=1S/C12H15NO4/c1-2-8-3-4-10(14)9(7-8)13-11(15)5-6-12(16)17/h3-4,7,14H,2,5-6H2,1H3,(H,13,15)(H,16,17). The minimum absolute atomic E-state index is 0.0223. The molecule has 0 bridgehead atoms. The van der Waals surface area contributed by atoms with Crippen LogP contribution in [0.15, 0.2) is 18.2 Å². The van der Waals surface area contributed by atoms with Crippen LogP contribution in [0.25, 0.3) is 0 Å². The number of rotatable bonds is 5. The van der Waals surface area contributed by atoms with Gasteiger partial charge in [0.25, 0.3) is 0 Å². The molecule has 0 saturated carbocycles. The Kier molecular flexibility index (Phi) is 4.51. The molecule has 1 rings (SSSR count). The fraction of sp³-hybridized carbons (Fsp3) is 0.333. The van der Waals surface area contributed by atoms with E-state index in [4.69, 9.17) is 5.11 Å². The van der Waals surface area contributed by atoms with E-state index in [1.54, 1.807) is 12.1 Å². The molecule has 0 atom stereocenters. The Morgan fingerprint density at radius 2 is 2.00 bits per heavy atom. The van der Waals surface area contributed by atoms with Crippen LogP contribution < -0.4 is 5.32 Å². The Hall–Kier alpha value is -2.04. The zero-order valence-electron chi connectivity index (χ0n) is 9.56. The van der Waals surface area contributed by atoms with Crippen molar-refractivity contribution in [2.75, 3.05) is 5.32 Å². The second-order valence-electron chi connectivity index (χ2n) is 3.65. The number of nitrogens with one attached hydrogen (secondary N) is 1. The van der Waals surface area contributed by atoms with Crippen LogP contribution in [0.1, 0.15) is 25.3 Å². The molecule has 0 unspecified atom stereocenters. The number of aryl methyl sites for hydroxylation is 1. The molecule has 0 aliphatic rings. The lowest BCUT2D eigenvalue weighted by molar-refractivity contribution is -0.138. The highest BCUT2D eigenvalue weighted by Crippen LogP contribution is 2.24. The predicted molar refractivity (Wildman–Crippen MR) is 63.0 cm³/mol. The van der Waals surface area contributed by atoms with Crippen molar-refractivity contribution in [1.29, 1.82) is 0 Å². The Labute approximate surface area is 99.1 Å². The molecule has 0 fully saturated rings. The van der Waals surface area contributed by atoms with E-state index < -0.39 is 11.9 Å².